The summed E-state index contributed by atoms with van der Waals surface area (Å²) in [6, 6.07) is 6.90. The molecule has 146 valence electrons. The van der Waals surface area contributed by atoms with E-state index in [4.69, 9.17) is 5.73 Å². The zero-order chi connectivity index (χ0) is 19.2. The van der Waals surface area contributed by atoms with Gasteiger partial charge in [0.15, 0.2) is 0 Å². The Morgan fingerprint density at radius 3 is 2.46 bits per heavy atom. The van der Waals surface area contributed by atoms with Gasteiger partial charge in [-0.15, -0.1) is 0 Å². The van der Waals surface area contributed by atoms with E-state index >= 15 is 0 Å². The third-order valence-electron chi connectivity index (χ3n) is 4.92. The fraction of sp³-hybridized carbons (Fsp3) is 0.611. The fourth-order valence-electron chi connectivity index (χ4n) is 3.16. The van der Waals surface area contributed by atoms with Crippen molar-refractivity contribution in [1.29, 1.82) is 0 Å². The van der Waals surface area contributed by atoms with Gasteiger partial charge in [0.2, 0.25) is 5.91 Å². The maximum absolute atomic E-state index is 12.3. The van der Waals surface area contributed by atoms with Crippen LogP contribution < -0.4 is 10.5 Å². The van der Waals surface area contributed by atoms with Crippen molar-refractivity contribution in [3.8, 4) is 0 Å². The summed E-state index contributed by atoms with van der Waals surface area (Å²) in [5.41, 5.74) is 6.46. The predicted molar refractivity (Wildman–Crippen MR) is 102 cm³/mol. The SMILES string of the molecule is CN1CCC(N(C)CCC(=O)NS(=O)(=O)c2ccc(CCN)cc2)CC1. The number of piperidine rings is 1. The molecule has 1 aromatic carbocycles. The highest BCUT2D eigenvalue weighted by Crippen LogP contribution is 2.15. The van der Waals surface area contributed by atoms with E-state index in [1.807, 2.05) is 7.05 Å². The maximum atomic E-state index is 12.3. The van der Waals surface area contributed by atoms with Crippen molar-refractivity contribution in [3.05, 3.63) is 29.8 Å². The van der Waals surface area contributed by atoms with E-state index in [1.54, 1.807) is 12.1 Å². The molecule has 1 aliphatic rings. The van der Waals surface area contributed by atoms with Crippen LogP contribution in [0.15, 0.2) is 29.2 Å². The number of carbonyl (C=O) groups excluding carboxylic acids is 1. The number of carbonyl (C=O) groups is 1. The number of nitrogens with two attached hydrogens (primary N) is 1. The number of amides is 1. The van der Waals surface area contributed by atoms with Gasteiger partial charge in [0.05, 0.1) is 4.90 Å². The summed E-state index contributed by atoms with van der Waals surface area (Å²) in [6.45, 7) is 3.16. The van der Waals surface area contributed by atoms with Crippen molar-refractivity contribution >= 4 is 15.9 Å². The Bertz CT molecular complexity index is 683. The molecule has 0 radical (unpaired) electrons. The average Bonchev–Trinajstić information content (AvgIpc) is 2.61. The largest absolute Gasteiger partial charge is 0.330 e. The quantitative estimate of drug-likeness (QED) is 0.676. The second-order valence-electron chi connectivity index (χ2n) is 6.98. The minimum Gasteiger partial charge on any atom is -0.330 e. The molecule has 0 aromatic heterocycles. The Balaban J connectivity index is 1.83. The molecule has 1 saturated heterocycles. The number of hydrogen-bond donors (Lipinski definition) is 2. The Morgan fingerprint density at radius 2 is 1.88 bits per heavy atom. The van der Waals surface area contributed by atoms with Gasteiger partial charge < -0.3 is 15.5 Å². The first-order valence-corrected chi connectivity index (χ1v) is 10.5. The first-order chi connectivity index (χ1) is 12.3. The molecule has 0 saturated carbocycles. The van der Waals surface area contributed by atoms with Crippen molar-refractivity contribution in [1.82, 2.24) is 14.5 Å². The normalized spacial score (nSPS) is 16.8. The fourth-order valence-corrected chi connectivity index (χ4v) is 4.17. The number of rotatable bonds is 8. The van der Waals surface area contributed by atoms with E-state index in [2.05, 4.69) is 21.6 Å². The molecule has 1 heterocycles. The zero-order valence-corrected chi connectivity index (χ0v) is 16.5. The summed E-state index contributed by atoms with van der Waals surface area (Å²) in [6.07, 6.45) is 2.99. The standard InChI is InChI=1S/C18H30N4O3S/c1-21-12-8-16(9-13-21)22(2)14-10-18(23)20-26(24,25)17-5-3-15(4-6-17)7-11-19/h3-6,16H,7-14,19H2,1-2H3,(H,20,23). The number of likely N-dealkylation sites (tertiary alicyclic amines) is 1. The van der Waals surface area contributed by atoms with Crippen molar-refractivity contribution in [2.75, 3.05) is 40.3 Å². The van der Waals surface area contributed by atoms with Crippen LogP contribution in [-0.2, 0) is 21.2 Å². The topological polar surface area (TPSA) is 95.7 Å². The van der Waals surface area contributed by atoms with Crippen LogP contribution in [0.3, 0.4) is 0 Å². The van der Waals surface area contributed by atoms with Gasteiger partial charge in [-0.25, -0.2) is 13.1 Å². The third-order valence-corrected chi connectivity index (χ3v) is 6.31. The van der Waals surface area contributed by atoms with Crippen LogP contribution >= 0.6 is 0 Å². The monoisotopic (exact) mass is 382 g/mol. The van der Waals surface area contributed by atoms with E-state index in [0.29, 0.717) is 25.6 Å². The van der Waals surface area contributed by atoms with Crippen LogP contribution in [0.1, 0.15) is 24.8 Å². The second kappa shape index (κ2) is 9.45. The van der Waals surface area contributed by atoms with Crippen LogP contribution in [-0.4, -0.2) is 70.4 Å². The molecule has 26 heavy (non-hydrogen) atoms. The lowest BCUT2D eigenvalue weighted by Crippen LogP contribution is -2.43. The lowest BCUT2D eigenvalue weighted by molar-refractivity contribution is -0.119. The maximum Gasteiger partial charge on any atom is 0.264 e. The zero-order valence-electron chi connectivity index (χ0n) is 15.6. The van der Waals surface area contributed by atoms with Gasteiger partial charge in [-0.3, -0.25) is 4.79 Å². The highest BCUT2D eigenvalue weighted by Gasteiger charge is 2.22. The smallest absolute Gasteiger partial charge is 0.264 e. The van der Waals surface area contributed by atoms with Gasteiger partial charge in [0, 0.05) is 19.0 Å². The van der Waals surface area contributed by atoms with E-state index in [0.717, 1.165) is 31.5 Å². The lowest BCUT2D eigenvalue weighted by Gasteiger charge is -2.35. The highest BCUT2D eigenvalue weighted by atomic mass is 32.2. The molecule has 0 atom stereocenters. The van der Waals surface area contributed by atoms with Crippen LogP contribution in [0, 0.1) is 0 Å². The molecular formula is C18H30N4O3S. The second-order valence-corrected chi connectivity index (χ2v) is 8.66. The van der Waals surface area contributed by atoms with E-state index in [9.17, 15) is 13.2 Å². The summed E-state index contributed by atoms with van der Waals surface area (Å²) in [5.74, 6) is -0.476. The molecular weight excluding hydrogens is 352 g/mol. The van der Waals surface area contributed by atoms with Crippen molar-refractivity contribution in [2.24, 2.45) is 5.73 Å². The molecule has 3 N–H and O–H groups in total. The van der Waals surface area contributed by atoms with E-state index < -0.39 is 15.9 Å². The van der Waals surface area contributed by atoms with Crippen molar-refractivity contribution in [2.45, 2.75) is 36.6 Å². The van der Waals surface area contributed by atoms with Gasteiger partial charge in [-0.05, 0) is 70.7 Å². The number of nitrogens with one attached hydrogen (secondary N) is 1. The van der Waals surface area contributed by atoms with Crippen LogP contribution in [0.2, 0.25) is 0 Å². The number of benzene rings is 1. The minimum atomic E-state index is -3.83. The number of sulfonamides is 1. The molecule has 0 spiro atoms. The Kier molecular flexibility index (Phi) is 7.57. The third kappa shape index (κ3) is 6.05. The van der Waals surface area contributed by atoms with E-state index in [1.165, 1.54) is 12.1 Å². The molecule has 1 fully saturated rings. The summed E-state index contributed by atoms with van der Waals surface area (Å²) < 4.78 is 26.8. The lowest BCUT2D eigenvalue weighted by atomic mass is 10.0. The Morgan fingerprint density at radius 1 is 1.27 bits per heavy atom. The molecule has 0 unspecified atom stereocenters. The predicted octanol–water partition coefficient (Wildman–Crippen LogP) is 0.409. The first kappa shape index (κ1) is 20.8. The Labute approximate surface area is 156 Å². The molecule has 1 aromatic rings. The summed E-state index contributed by atoms with van der Waals surface area (Å²) in [5, 5.41) is 0. The molecule has 1 aliphatic heterocycles. The summed E-state index contributed by atoms with van der Waals surface area (Å²) in [4.78, 5) is 16.6. The minimum absolute atomic E-state index is 0.0929. The molecule has 0 aliphatic carbocycles. The van der Waals surface area contributed by atoms with Crippen LogP contribution in [0.5, 0.6) is 0 Å². The van der Waals surface area contributed by atoms with Gasteiger partial charge in [0.25, 0.3) is 10.0 Å². The van der Waals surface area contributed by atoms with Crippen molar-refractivity contribution in [3.63, 3.8) is 0 Å². The van der Waals surface area contributed by atoms with Crippen molar-refractivity contribution < 1.29 is 13.2 Å². The molecule has 8 heteroatoms. The van der Waals surface area contributed by atoms with Crippen LogP contribution in [0.25, 0.3) is 0 Å². The highest BCUT2D eigenvalue weighted by molar-refractivity contribution is 7.90. The van der Waals surface area contributed by atoms with Gasteiger partial charge in [0.1, 0.15) is 0 Å². The molecule has 2 rings (SSSR count). The van der Waals surface area contributed by atoms with Gasteiger partial charge in [-0.2, -0.15) is 0 Å². The average molecular weight is 383 g/mol. The van der Waals surface area contributed by atoms with Gasteiger partial charge >= 0.3 is 0 Å². The molecule has 1 amide bonds. The summed E-state index contributed by atoms with van der Waals surface area (Å²) in [7, 11) is 0.275. The Hall–Kier alpha value is -1.48. The molecule has 7 nitrogen and oxygen atoms in total. The van der Waals surface area contributed by atoms with Crippen LogP contribution in [0.4, 0.5) is 0 Å². The molecule has 0 bridgehead atoms. The number of hydrogen-bond acceptors (Lipinski definition) is 6. The first-order valence-electron chi connectivity index (χ1n) is 9.05. The number of nitrogens with zero attached hydrogens (tertiary/aromatic N) is 2. The van der Waals surface area contributed by atoms with Gasteiger partial charge in [-0.1, -0.05) is 12.1 Å². The van der Waals surface area contributed by atoms with E-state index in [-0.39, 0.29) is 11.3 Å². The summed E-state index contributed by atoms with van der Waals surface area (Å²) >= 11 is 0.